The van der Waals surface area contributed by atoms with Gasteiger partial charge in [-0.1, -0.05) is 11.6 Å². The van der Waals surface area contributed by atoms with Crippen molar-refractivity contribution in [1.29, 1.82) is 0 Å². The predicted octanol–water partition coefficient (Wildman–Crippen LogP) is 2.42. The van der Waals surface area contributed by atoms with Gasteiger partial charge in [-0.3, -0.25) is 9.78 Å². The summed E-state index contributed by atoms with van der Waals surface area (Å²) in [6.07, 6.45) is -4.05. The fourth-order valence-corrected chi connectivity index (χ4v) is 1.10. The number of rotatable bonds is 3. The molecule has 1 amide bonds. The van der Waals surface area contributed by atoms with Crippen LogP contribution in [0.25, 0.3) is 0 Å². The molecule has 0 aliphatic heterocycles. The lowest BCUT2D eigenvalue weighted by Gasteiger charge is -2.07. The Morgan fingerprint density at radius 1 is 1.50 bits per heavy atom. The molecule has 1 heterocycles. The molecule has 0 unspecified atom stereocenters. The minimum absolute atomic E-state index is 0.00493. The number of carbonyl (C=O) groups excluding carboxylic acids is 1. The highest BCUT2D eigenvalue weighted by Gasteiger charge is 2.26. The number of pyridine rings is 1. The van der Waals surface area contributed by atoms with Gasteiger partial charge < -0.3 is 5.32 Å². The van der Waals surface area contributed by atoms with Crippen LogP contribution in [0, 0.1) is 0 Å². The molecule has 0 aromatic carbocycles. The smallest absolute Gasteiger partial charge is 0.350 e. The van der Waals surface area contributed by atoms with E-state index in [1.54, 1.807) is 0 Å². The number of hydrogen-bond donors (Lipinski definition) is 1. The standard InChI is InChI=1S/C9H8ClF3N2O/c10-6-1-3-14-7(5-6)8(16)15-4-2-9(11,12)13/h1,3,5H,2,4H2,(H,15,16). The van der Waals surface area contributed by atoms with E-state index in [4.69, 9.17) is 11.6 Å². The maximum absolute atomic E-state index is 11.8. The molecule has 0 radical (unpaired) electrons. The van der Waals surface area contributed by atoms with Gasteiger partial charge in [0, 0.05) is 17.8 Å². The van der Waals surface area contributed by atoms with Gasteiger partial charge in [-0.05, 0) is 12.1 Å². The minimum Gasteiger partial charge on any atom is -0.350 e. The average molecular weight is 253 g/mol. The minimum atomic E-state index is -4.28. The van der Waals surface area contributed by atoms with Crippen LogP contribution in [0.3, 0.4) is 0 Å². The Hall–Kier alpha value is -1.30. The molecular weight excluding hydrogens is 245 g/mol. The summed E-state index contributed by atoms with van der Waals surface area (Å²) in [7, 11) is 0. The summed E-state index contributed by atoms with van der Waals surface area (Å²) in [6.45, 7) is -0.476. The van der Waals surface area contributed by atoms with Gasteiger partial charge >= 0.3 is 6.18 Å². The van der Waals surface area contributed by atoms with Gasteiger partial charge in [0.2, 0.25) is 0 Å². The third-order valence-corrected chi connectivity index (χ3v) is 1.88. The summed E-state index contributed by atoms with van der Waals surface area (Å²) >= 11 is 5.60. The first-order chi connectivity index (χ1) is 7.38. The van der Waals surface area contributed by atoms with Crippen LogP contribution in [0.5, 0.6) is 0 Å². The zero-order valence-corrected chi connectivity index (χ0v) is 8.77. The molecule has 1 N–H and O–H groups in total. The van der Waals surface area contributed by atoms with Crippen molar-refractivity contribution in [2.75, 3.05) is 6.54 Å². The van der Waals surface area contributed by atoms with Gasteiger partial charge in [-0.2, -0.15) is 13.2 Å². The molecule has 88 valence electrons. The Labute approximate surface area is 94.6 Å². The Morgan fingerprint density at radius 3 is 2.75 bits per heavy atom. The van der Waals surface area contributed by atoms with Gasteiger partial charge in [0.25, 0.3) is 5.91 Å². The molecule has 1 rings (SSSR count). The molecule has 3 nitrogen and oxygen atoms in total. The van der Waals surface area contributed by atoms with Crippen molar-refractivity contribution in [2.24, 2.45) is 0 Å². The van der Waals surface area contributed by atoms with E-state index >= 15 is 0 Å². The van der Waals surface area contributed by atoms with E-state index in [-0.39, 0.29) is 5.69 Å². The molecule has 7 heteroatoms. The Morgan fingerprint density at radius 2 is 2.19 bits per heavy atom. The Bertz CT molecular complexity index is 381. The lowest BCUT2D eigenvalue weighted by Crippen LogP contribution is -2.28. The first-order valence-corrected chi connectivity index (χ1v) is 4.73. The fourth-order valence-electron chi connectivity index (χ4n) is 0.937. The van der Waals surface area contributed by atoms with E-state index in [0.29, 0.717) is 5.02 Å². The van der Waals surface area contributed by atoms with Crippen LogP contribution in [-0.4, -0.2) is 23.6 Å². The van der Waals surface area contributed by atoms with Crippen LogP contribution in [0.2, 0.25) is 5.02 Å². The van der Waals surface area contributed by atoms with Crippen LogP contribution < -0.4 is 5.32 Å². The van der Waals surface area contributed by atoms with E-state index < -0.39 is 25.0 Å². The Balaban J connectivity index is 2.47. The van der Waals surface area contributed by atoms with Crippen LogP contribution in [0.1, 0.15) is 16.9 Å². The zero-order valence-electron chi connectivity index (χ0n) is 8.01. The van der Waals surface area contributed by atoms with E-state index in [2.05, 4.69) is 10.3 Å². The van der Waals surface area contributed by atoms with E-state index in [1.165, 1.54) is 18.3 Å². The second-order valence-electron chi connectivity index (χ2n) is 2.98. The van der Waals surface area contributed by atoms with Crippen molar-refractivity contribution >= 4 is 17.5 Å². The number of alkyl halides is 3. The van der Waals surface area contributed by atoms with Crippen LogP contribution in [0.15, 0.2) is 18.3 Å². The van der Waals surface area contributed by atoms with Crippen molar-refractivity contribution in [1.82, 2.24) is 10.3 Å². The second-order valence-corrected chi connectivity index (χ2v) is 3.42. The number of amides is 1. The van der Waals surface area contributed by atoms with E-state index in [9.17, 15) is 18.0 Å². The molecule has 16 heavy (non-hydrogen) atoms. The Kier molecular flexibility index (Phi) is 4.12. The zero-order chi connectivity index (χ0) is 12.2. The molecule has 0 fully saturated rings. The van der Waals surface area contributed by atoms with Gasteiger partial charge in [-0.25, -0.2) is 0 Å². The molecule has 1 aromatic heterocycles. The largest absolute Gasteiger partial charge is 0.390 e. The fraction of sp³-hybridized carbons (Fsp3) is 0.333. The number of aromatic nitrogens is 1. The first-order valence-electron chi connectivity index (χ1n) is 4.35. The van der Waals surface area contributed by atoms with Gasteiger partial charge in [0.05, 0.1) is 6.42 Å². The van der Waals surface area contributed by atoms with Gasteiger partial charge in [0.15, 0.2) is 0 Å². The van der Waals surface area contributed by atoms with Gasteiger partial charge in [0.1, 0.15) is 5.69 Å². The first kappa shape index (κ1) is 12.8. The highest BCUT2D eigenvalue weighted by molar-refractivity contribution is 6.30. The number of nitrogens with zero attached hydrogens (tertiary/aromatic N) is 1. The van der Waals surface area contributed by atoms with Crippen molar-refractivity contribution in [3.05, 3.63) is 29.0 Å². The third kappa shape index (κ3) is 4.48. The molecule has 1 aromatic rings. The normalized spacial score (nSPS) is 11.2. The molecule has 0 bridgehead atoms. The summed E-state index contributed by atoms with van der Waals surface area (Å²) < 4.78 is 35.4. The highest BCUT2D eigenvalue weighted by atomic mass is 35.5. The summed E-state index contributed by atoms with van der Waals surface area (Å²) in [5.74, 6) is -0.674. The van der Waals surface area contributed by atoms with E-state index in [0.717, 1.165) is 0 Å². The van der Waals surface area contributed by atoms with Crippen LogP contribution in [0.4, 0.5) is 13.2 Å². The lowest BCUT2D eigenvalue weighted by molar-refractivity contribution is -0.132. The molecule has 0 saturated carbocycles. The topological polar surface area (TPSA) is 42.0 Å². The van der Waals surface area contributed by atoms with E-state index in [1.807, 2.05) is 0 Å². The molecule has 0 atom stereocenters. The molecule has 0 saturated heterocycles. The van der Waals surface area contributed by atoms with Gasteiger partial charge in [-0.15, -0.1) is 0 Å². The number of nitrogens with one attached hydrogen (secondary N) is 1. The highest BCUT2D eigenvalue weighted by Crippen LogP contribution is 2.18. The maximum atomic E-state index is 11.8. The summed E-state index contributed by atoms with van der Waals surface area (Å²) in [6, 6.07) is 2.75. The molecule has 0 aliphatic carbocycles. The SMILES string of the molecule is O=C(NCCC(F)(F)F)c1cc(Cl)ccn1. The molecular formula is C9H8ClF3N2O. The lowest BCUT2D eigenvalue weighted by atomic mass is 10.3. The number of carbonyl (C=O) groups is 1. The summed E-state index contributed by atoms with van der Waals surface area (Å²) in [5.41, 5.74) is -0.00493. The summed E-state index contributed by atoms with van der Waals surface area (Å²) in [5, 5.41) is 2.40. The summed E-state index contributed by atoms with van der Waals surface area (Å²) in [4.78, 5) is 15.0. The molecule has 0 aliphatic rings. The average Bonchev–Trinajstić information content (AvgIpc) is 2.15. The van der Waals surface area contributed by atoms with Crippen molar-refractivity contribution in [3.63, 3.8) is 0 Å². The number of hydrogen-bond acceptors (Lipinski definition) is 2. The molecule has 0 spiro atoms. The van der Waals surface area contributed by atoms with Crippen LogP contribution in [-0.2, 0) is 0 Å². The third-order valence-electron chi connectivity index (χ3n) is 1.65. The predicted molar refractivity (Wildman–Crippen MR) is 52.3 cm³/mol. The number of halogens is 4. The second kappa shape index (κ2) is 5.16. The van der Waals surface area contributed by atoms with Crippen molar-refractivity contribution in [2.45, 2.75) is 12.6 Å². The van der Waals surface area contributed by atoms with Crippen molar-refractivity contribution < 1.29 is 18.0 Å². The van der Waals surface area contributed by atoms with Crippen LogP contribution >= 0.6 is 11.6 Å². The van der Waals surface area contributed by atoms with Crippen molar-refractivity contribution in [3.8, 4) is 0 Å². The quantitative estimate of drug-likeness (QED) is 0.898. The maximum Gasteiger partial charge on any atom is 0.390 e. The monoisotopic (exact) mass is 252 g/mol.